The number of piperazine rings is 1. The number of fused-ring (bicyclic) bond motifs is 1. The summed E-state index contributed by atoms with van der Waals surface area (Å²) in [6.07, 6.45) is 2.45. The van der Waals surface area contributed by atoms with Gasteiger partial charge in [-0.05, 0) is 35.0 Å². The van der Waals surface area contributed by atoms with E-state index in [1.807, 2.05) is 29.2 Å². The third kappa shape index (κ3) is 3.94. The van der Waals surface area contributed by atoms with E-state index < -0.39 is 11.5 Å². The number of esters is 1. The normalized spacial score (nSPS) is 18.7. The van der Waals surface area contributed by atoms with Gasteiger partial charge in [-0.15, -0.1) is 0 Å². The highest BCUT2D eigenvalue weighted by Crippen LogP contribution is 2.31. The summed E-state index contributed by atoms with van der Waals surface area (Å²) >= 11 is 3.35. The van der Waals surface area contributed by atoms with Crippen LogP contribution in [0.4, 0.5) is 5.69 Å². The molecule has 1 fully saturated rings. The Hall–Kier alpha value is -2.81. The average Bonchev–Trinajstić information content (AvgIpc) is 3.22. The molecule has 8 nitrogen and oxygen atoms in total. The third-order valence-electron chi connectivity index (χ3n) is 5.59. The molecule has 1 atom stereocenters. The number of rotatable bonds is 4. The fourth-order valence-corrected chi connectivity index (χ4v) is 4.44. The Morgan fingerprint density at radius 3 is 2.55 bits per heavy atom. The van der Waals surface area contributed by atoms with Gasteiger partial charge in [-0.1, -0.05) is 18.2 Å². The molecule has 2 aromatic rings. The molecule has 0 N–H and O–H groups in total. The SMILES string of the molecule is CCOC(=O)c1c(N2CCN(C(=O)C3=CCC(Br)O3)CC2)c2ccccc2n(C)c1=O. The summed E-state index contributed by atoms with van der Waals surface area (Å²) in [7, 11) is 1.65. The van der Waals surface area contributed by atoms with Gasteiger partial charge in [0.15, 0.2) is 10.8 Å². The van der Waals surface area contributed by atoms with Crippen molar-refractivity contribution >= 4 is 44.4 Å². The van der Waals surface area contributed by atoms with Gasteiger partial charge in [0.1, 0.15) is 5.56 Å². The summed E-state index contributed by atoms with van der Waals surface area (Å²) in [6, 6.07) is 7.50. The van der Waals surface area contributed by atoms with Crippen molar-refractivity contribution in [1.82, 2.24) is 9.47 Å². The Kier molecular flexibility index (Phi) is 6.04. The Morgan fingerprint density at radius 2 is 1.90 bits per heavy atom. The lowest BCUT2D eigenvalue weighted by Crippen LogP contribution is -2.50. The molecule has 0 aliphatic carbocycles. The second-order valence-corrected chi connectivity index (χ2v) is 8.46. The summed E-state index contributed by atoms with van der Waals surface area (Å²) in [5.74, 6) is -0.405. The van der Waals surface area contributed by atoms with E-state index in [0.717, 1.165) is 10.9 Å². The number of anilines is 1. The molecule has 4 rings (SSSR count). The first kappa shape index (κ1) is 21.4. The molecule has 31 heavy (non-hydrogen) atoms. The molecule has 2 aliphatic rings. The second-order valence-electron chi connectivity index (χ2n) is 7.44. The van der Waals surface area contributed by atoms with E-state index in [2.05, 4.69) is 15.9 Å². The number of alkyl halides is 1. The molecule has 1 aromatic carbocycles. The number of halogens is 1. The van der Waals surface area contributed by atoms with Gasteiger partial charge in [0, 0.05) is 45.0 Å². The number of pyridine rings is 1. The van der Waals surface area contributed by atoms with E-state index in [1.165, 1.54) is 4.57 Å². The van der Waals surface area contributed by atoms with Crippen LogP contribution in [0.5, 0.6) is 0 Å². The highest BCUT2D eigenvalue weighted by Gasteiger charge is 2.31. The number of benzene rings is 1. The maximum absolute atomic E-state index is 13.1. The molecule has 0 radical (unpaired) electrons. The molecule has 0 bridgehead atoms. The molecular weight excluding hydrogens is 466 g/mol. The van der Waals surface area contributed by atoms with Crippen LogP contribution in [0.15, 0.2) is 40.9 Å². The minimum Gasteiger partial charge on any atom is -0.473 e. The molecule has 1 aromatic heterocycles. The number of amides is 1. The van der Waals surface area contributed by atoms with Crippen molar-refractivity contribution < 1.29 is 19.1 Å². The maximum atomic E-state index is 13.1. The van der Waals surface area contributed by atoms with E-state index >= 15 is 0 Å². The largest absolute Gasteiger partial charge is 0.473 e. The van der Waals surface area contributed by atoms with E-state index in [1.54, 1.807) is 24.9 Å². The maximum Gasteiger partial charge on any atom is 0.345 e. The minimum atomic E-state index is -0.629. The highest BCUT2D eigenvalue weighted by molar-refractivity contribution is 9.09. The summed E-state index contributed by atoms with van der Waals surface area (Å²) in [5, 5.41) is 0.642. The van der Waals surface area contributed by atoms with Crippen molar-refractivity contribution in [3.05, 3.63) is 52.0 Å². The second kappa shape index (κ2) is 8.74. The smallest absolute Gasteiger partial charge is 0.345 e. The number of carbonyl (C=O) groups excluding carboxylic acids is 2. The molecule has 164 valence electrons. The van der Waals surface area contributed by atoms with E-state index in [9.17, 15) is 14.4 Å². The molecular formula is C22H24BrN3O5. The van der Waals surface area contributed by atoms with Gasteiger partial charge >= 0.3 is 5.97 Å². The van der Waals surface area contributed by atoms with Crippen LogP contribution in [-0.2, 0) is 21.3 Å². The first-order valence-corrected chi connectivity index (χ1v) is 11.2. The van der Waals surface area contributed by atoms with Crippen molar-refractivity contribution in [3.63, 3.8) is 0 Å². The zero-order chi connectivity index (χ0) is 22.1. The number of ether oxygens (including phenoxy) is 2. The summed E-state index contributed by atoms with van der Waals surface area (Å²) in [4.78, 5) is 42.3. The standard InChI is InChI=1S/C22H24BrN3O5/c1-3-30-22(29)18-19(14-6-4-5-7-15(14)24(2)21(18)28)25-10-12-26(13-11-25)20(27)16-8-9-17(23)31-16/h4-8,17H,3,9-13H2,1-2H3. The van der Waals surface area contributed by atoms with Gasteiger partial charge in [0.25, 0.3) is 11.5 Å². The number of hydrogen-bond acceptors (Lipinski definition) is 6. The van der Waals surface area contributed by atoms with E-state index in [-0.39, 0.29) is 23.1 Å². The zero-order valence-corrected chi connectivity index (χ0v) is 19.1. The first-order valence-electron chi connectivity index (χ1n) is 10.3. The van der Waals surface area contributed by atoms with Crippen molar-refractivity contribution in [2.24, 2.45) is 7.05 Å². The lowest BCUT2D eigenvalue weighted by atomic mass is 10.1. The topological polar surface area (TPSA) is 81.1 Å². The van der Waals surface area contributed by atoms with E-state index in [0.29, 0.717) is 44.0 Å². The molecule has 1 amide bonds. The first-order chi connectivity index (χ1) is 14.9. The molecule has 0 saturated carbocycles. The van der Waals surface area contributed by atoms with Crippen molar-refractivity contribution in [3.8, 4) is 0 Å². The third-order valence-corrected chi connectivity index (χ3v) is 6.15. The number of aromatic nitrogens is 1. The Bertz CT molecular complexity index is 1120. The number of hydrogen-bond donors (Lipinski definition) is 0. The predicted molar refractivity (Wildman–Crippen MR) is 120 cm³/mol. The molecule has 2 aliphatic heterocycles. The number of carbonyl (C=O) groups is 2. The minimum absolute atomic E-state index is 0.0341. The highest BCUT2D eigenvalue weighted by atomic mass is 79.9. The quantitative estimate of drug-likeness (QED) is 0.484. The Morgan fingerprint density at radius 1 is 1.19 bits per heavy atom. The predicted octanol–water partition coefficient (Wildman–Crippen LogP) is 2.39. The van der Waals surface area contributed by atoms with Gasteiger partial charge in [0.05, 0.1) is 17.8 Å². The summed E-state index contributed by atoms with van der Waals surface area (Å²) in [6.45, 7) is 3.78. The number of nitrogens with zero attached hydrogens (tertiary/aromatic N) is 3. The molecule has 3 heterocycles. The molecule has 1 saturated heterocycles. The van der Waals surface area contributed by atoms with Crippen LogP contribution in [0.1, 0.15) is 23.7 Å². The van der Waals surface area contributed by atoms with Gasteiger partial charge in [-0.3, -0.25) is 9.59 Å². The van der Waals surface area contributed by atoms with Gasteiger partial charge in [-0.25, -0.2) is 4.79 Å². The van der Waals surface area contributed by atoms with Gasteiger partial charge in [-0.2, -0.15) is 0 Å². The van der Waals surface area contributed by atoms with Crippen LogP contribution >= 0.6 is 15.9 Å². The molecule has 1 unspecified atom stereocenters. The number of para-hydroxylation sites is 1. The fraction of sp³-hybridized carbons (Fsp3) is 0.409. The van der Waals surface area contributed by atoms with Crippen LogP contribution in [0, 0.1) is 0 Å². The van der Waals surface area contributed by atoms with Gasteiger partial charge in [0.2, 0.25) is 0 Å². The van der Waals surface area contributed by atoms with Crippen molar-refractivity contribution in [1.29, 1.82) is 0 Å². The Balaban J connectivity index is 1.67. The zero-order valence-electron chi connectivity index (χ0n) is 17.5. The number of aryl methyl sites for hydroxylation is 1. The molecule has 0 spiro atoms. The van der Waals surface area contributed by atoms with Crippen LogP contribution in [0.3, 0.4) is 0 Å². The lowest BCUT2D eigenvalue weighted by Gasteiger charge is -2.37. The van der Waals surface area contributed by atoms with Crippen LogP contribution in [0.25, 0.3) is 10.9 Å². The van der Waals surface area contributed by atoms with E-state index in [4.69, 9.17) is 9.47 Å². The van der Waals surface area contributed by atoms with Gasteiger partial charge < -0.3 is 23.8 Å². The van der Waals surface area contributed by atoms with Crippen LogP contribution in [-0.4, -0.2) is 59.1 Å². The van der Waals surface area contributed by atoms with Crippen molar-refractivity contribution in [2.75, 3.05) is 37.7 Å². The summed E-state index contributed by atoms with van der Waals surface area (Å²) in [5.41, 5.74) is 0.952. The monoisotopic (exact) mass is 489 g/mol. The average molecular weight is 490 g/mol. The fourth-order valence-electron chi connectivity index (χ4n) is 4.06. The van der Waals surface area contributed by atoms with Crippen LogP contribution in [0.2, 0.25) is 0 Å². The molecule has 9 heteroatoms. The lowest BCUT2D eigenvalue weighted by molar-refractivity contribution is -0.130. The van der Waals surface area contributed by atoms with Crippen molar-refractivity contribution in [2.45, 2.75) is 18.4 Å². The van der Waals surface area contributed by atoms with Crippen LogP contribution < -0.4 is 10.5 Å². The Labute approximate surface area is 188 Å². The summed E-state index contributed by atoms with van der Waals surface area (Å²) < 4.78 is 12.2.